The van der Waals surface area contributed by atoms with E-state index in [1.807, 2.05) is 43.3 Å². The smallest absolute Gasteiger partial charge is 0.407 e. The van der Waals surface area contributed by atoms with Crippen LogP contribution in [-0.2, 0) is 14.3 Å². The van der Waals surface area contributed by atoms with E-state index in [0.29, 0.717) is 19.4 Å². The maximum absolute atomic E-state index is 13.2. The molecule has 34 heavy (non-hydrogen) atoms. The van der Waals surface area contributed by atoms with Crippen LogP contribution in [-0.4, -0.2) is 53.2 Å². The van der Waals surface area contributed by atoms with Gasteiger partial charge in [0.2, 0.25) is 5.91 Å². The highest BCUT2D eigenvalue weighted by Crippen LogP contribution is 2.44. The Morgan fingerprint density at radius 3 is 2.32 bits per heavy atom. The number of alkyl carbamates (subject to hydrolysis) is 1. The number of aliphatic carboxylic acids is 1. The molecule has 0 radical (unpaired) electrons. The number of nitrogens with zero attached hydrogens (tertiary/aromatic N) is 1. The average molecular weight is 463 g/mol. The predicted octanol–water partition coefficient (Wildman–Crippen LogP) is 4.18. The number of benzene rings is 2. The minimum atomic E-state index is -0.896. The van der Waals surface area contributed by atoms with E-state index < -0.39 is 24.0 Å². The van der Waals surface area contributed by atoms with Crippen LogP contribution >= 0.6 is 0 Å². The third-order valence-electron chi connectivity index (χ3n) is 6.90. The van der Waals surface area contributed by atoms with Gasteiger partial charge in [-0.3, -0.25) is 9.59 Å². The van der Waals surface area contributed by atoms with Gasteiger partial charge in [0.1, 0.15) is 12.6 Å². The van der Waals surface area contributed by atoms with Crippen LogP contribution in [0.2, 0.25) is 0 Å². The Morgan fingerprint density at radius 2 is 1.76 bits per heavy atom. The second-order valence-corrected chi connectivity index (χ2v) is 8.79. The second kappa shape index (κ2) is 10.1. The number of rotatable bonds is 8. The van der Waals surface area contributed by atoms with Gasteiger partial charge < -0.3 is 20.1 Å². The van der Waals surface area contributed by atoms with Gasteiger partial charge in [0.15, 0.2) is 0 Å². The van der Waals surface area contributed by atoms with Crippen molar-refractivity contribution in [2.75, 3.05) is 13.2 Å². The Morgan fingerprint density at radius 1 is 1.15 bits per heavy atom. The summed E-state index contributed by atoms with van der Waals surface area (Å²) in [5.74, 6) is -1.87. The van der Waals surface area contributed by atoms with Crippen molar-refractivity contribution in [1.29, 1.82) is 0 Å². The number of fused-ring (bicyclic) bond motifs is 3. The summed E-state index contributed by atoms with van der Waals surface area (Å²) in [5.41, 5.74) is 4.49. The molecule has 2 aromatic rings. The van der Waals surface area contributed by atoms with Crippen molar-refractivity contribution in [3.63, 3.8) is 0 Å². The van der Waals surface area contributed by atoms with E-state index >= 15 is 0 Å². The molecule has 7 heteroatoms. The second-order valence-electron chi connectivity index (χ2n) is 8.79. The quantitative estimate of drug-likeness (QED) is 0.574. The number of likely N-dealkylation sites (tertiary alicyclic amines) is 1. The lowest BCUT2D eigenvalue weighted by Crippen LogP contribution is -2.51. The molecule has 2 N–H and O–H groups in total. The molecule has 2 aliphatic rings. The van der Waals surface area contributed by atoms with Crippen molar-refractivity contribution in [1.82, 2.24) is 10.2 Å². The summed E-state index contributed by atoms with van der Waals surface area (Å²) in [6, 6.07) is 14.9. The molecule has 0 aromatic heterocycles. The van der Waals surface area contributed by atoms with E-state index in [1.54, 1.807) is 11.0 Å². The number of nitrogens with one attached hydrogen (secondary N) is 1. The Kier molecular flexibility index (Phi) is 7.01. The van der Waals surface area contributed by atoms with Crippen molar-refractivity contribution in [2.24, 2.45) is 5.92 Å². The molecule has 2 aromatic carbocycles. The van der Waals surface area contributed by atoms with E-state index in [1.165, 1.54) is 0 Å². The fraction of sp³-hybridized carbons (Fsp3) is 0.370. The lowest BCUT2D eigenvalue weighted by molar-refractivity contribution is -0.143. The molecule has 178 valence electrons. The molecule has 1 heterocycles. The monoisotopic (exact) mass is 462 g/mol. The average Bonchev–Trinajstić information content (AvgIpc) is 3.41. The molecule has 2 amide bonds. The summed E-state index contributed by atoms with van der Waals surface area (Å²) in [7, 11) is 0. The largest absolute Gasteiger partial charge is 0.481 e. The first-order valence-corrected chi connectivity index (χ1v) is 11.7. The summed E-state index contributed by atoms with van der Waals surface area (Å²) < 4.78 is 5.59. The molecule has 1 aliphatic heterocycles. The van der Waals surface area contributed by atoms with Gasteiger partial charge in [-0.25, -0.2) is 4.79 Å². The first kappa shape index (κ1) is 23.5. The molecule has 3 atom stereocenters. The topological polar surface area (TPSA) is 95.9 Å². The first-order valence-electron chi connectivity index (χ1n) is 11.7. The molecule has 3 unspecified atom stereocenters. The van der Waals surface area contributed by atoms with Crippen molar-refractivity contribution in [2.45, 2.75) is 44.2 Å². The lowest BCUT2D eigenvalue weighted by Gasteiger charge is -2.29. The van der Waals surface area contributed by atoms with Crippen LogP contribution < -0.4 is 5.32 Å². The molecular weight excluding hydrogens is 432 g/mol. The van der Waals surface area contributed by atoms with Gasteiger partial charge in [0.05, 0.1) is 5.92 Å². The SMILES string of the molecule is C=CCC(NC(=O)OCC1c2ccccc2-c2ccccc21)C(=O)N1CCC(C(=O)O)C1CC. The van der Waals surface area contributed by atoms with Crippen molar-refractivity contribution >= 4 is 18.0 Å². The van der Waals surface area contributed by atoms with E-state index in [9.17, 15) is 19.5 Å². The fourth-order valence-corrected chi connectivity index (χ4v) is 5.29. The summed E-state index contributed by atoms with van der Waals surface area (Å²) in [4.78, 5) is 39.1. The van der Waals surface area contributed by atoms with Crippen LogP contribution in [0.3, 0.4) is 0 Å². The number of hydrogen-bond donors (Lipinski definition) is 2. The minimum absolute atomic E-state index is 0.0777. The number of amides is 2. The van der Waals surface area contributed by atoms with E-state index in [-0.39, 0.29) is 30.9 Å². The highest BCUT2D eigenvalue weighted by molar-refractivity contribution is 5.87. The van der Waals surface area contributed by atoms with Crippen LogP contribution in [0.4, 0.5) is 4.79 Å². The van der Waals surface area contributed by atoms with Gasteiger partial charge in [0, 0.05) is 18.5 Å². The Labute approximate surface area is 199 Å². The number of hydrogen-bond acceptors (Lipinski definition) is 4. The molecule has 7 nitrogen and oxygen atoms in total. The zero-order chi connectivity index (χ0) is 24.2. The normalized spacial score (nSPS) is 19.7. The summed E-state index contributed by atoms with van der Waals surface area (Å²) in [6.07, 6.45) is 2.06. The van der Waals surface area contributed by atoms with Crippen molar-refractivity contribution < 1.29 is 24.2 Å². The fourth-order valence-electron chi connectivity index (χ4n) is 5.29. The standard InChI is InChI=1S/C27H30N2O5/c1-3-9-23(25(30)29-15-14-21(26(31)32)24(29)4-2)28-27(33)34-16-22-19-12-7-5-10-17(19)18-11-6-8-13-20(18)22/h3,5-8,10-13,21-24H,1,4,9,14-16H2,2H3,(H,28,33)(H,31,32). The van der Waals surface area contributed by atoms with Crippen molar-refractivity contribution in [3.8, 4) is 11.1 Å². The van der Waals surface area contributed by atoms with Gasteiger partial charge in [0.25, 0.3) is 0 Å². The minimum Gasteiger partial charge on any atom is -0.481 e. The molecule has 0 bridgehead atoms. The highest BCUT2D eigenvalue weighted by Gasteiger charge is 2.42. The number of ether oxygens (including phenoxy) is 1. The molecule has 0 spiro atoms. The third-order valence-corrected chi connectivity index (χ3v) is 6.90. The number of carboxylic acids is 1. The molecule has 1 fully saturated rings. The van der Waals surface area contributed by atoms with Crippen LogP contribution in [0.1, 0.15) is 43.2 Å². The summed E-state index contributed by atoms with van der Waals surface area (Å²) in [5, 5.41) is 12.2. The number of carbonyl (C=O) groups excluding carboxylic acids is 2. The van der Waals surface area contributed by atoms with E-state index in [4.69, 9.17) is 4.74 Å². The number of carboxylic acid groups (broad SMARTS) is 1. The van der Waals surface area contributed by atoms with E-state index in [2.05, 4.69) is 24.0 Å². The van der Waals surface area contributed by atoms with Gasteiger partial charge in [-0.15, -0.1) is 6.58 Å². The molecular formula is C27H30N2O5. The van der Waals surface area contributed by atoms with Gasteiger partial charge in [-0.1, -0.05) is 61.5 Å². The molecule has 4 rings (SSSR count). The van der Waals surface area contributed by atoms with Gasteiger partial charge in [-0.2, -0.15) is 0 Å². The maximum Gasteiger partial charge on any atom is 0.407 e. The predicted molar refractivity (Wildman–Crippen MR) is 128 cm³/mol. The van der Waals surface area contributed by atoms with Gasteiger partial charge in [-0.05, 0) is 41.5 Å². The Balaban J connectivity index is 1.43. The Bertz CT molecular complexity index is 1050. The van der Waals surface area contributed by atoms with Crippen LogP contribution in [0.25, 0.3) is 11.1 Å². The highest BCUT2D eigenvalue weighted by atomic mass is 16.5. The zero-order valence-electron chi connectivity index (χ0n) is 19.3. The molecule has 1 aliphatic carbocycles. The Hall–Kier alpha value is -3.61. The van der Waals surface area contributed by atoms with Crippen LogP contribution in [0.15, 0.2) is 61.2 Å². The summed E-state index contributed by atoms with van der Waals surface area (Å²) >= 11 is 0. The van der Waals surface area contributed by atoms with Crippen LogP contribution in [0.5, 0.6) is 0 Å². The summed E-state index contributed by atoms with van der Waals surface area (Å²) in [6.45, 7) is 6.08. The number of carbonyl (C=O) groups is 3. The van der Waals surface area contributed by atoms with E-state index in [0.717, 1.165) is 22.3 Å². The molecule has 1 saturated heterocycles. The van der Waals surface area contributed by atoms with Crippen LogP contribution in [0, 0.1) is 5.92 Å². The van der Waals surface area contributed by atoms with Gasteiger partial charge >= 0.3 is 12.1 Å². The molecule has 0 saturated carbocycles. The van der Waals surface area contributed by atoms with Crippen molar-refractivity contribution in [3.05, 3.63) is 72.3 Å². The maximum atomic E-state index is 13.2. The first-order chi connectivity index (χ1) is 16.5. The lowest BCUT2D eigenvalue weighted by atomic mass is 9.98. The third kappa shape index (κ3) is 4.42. The zero-order valence-corrected chi connectivity index (χ0v) is 19.3.